The molecule has 0 saturated carbocycles. The molecule has 0 radical (unpaired) electrons. The van der Waals surface area contributed by atoms with Gasteiger partial charge in [-0.3, -0.25) is 0 Å². The molecule has 0 atom stereocenters. The van der Waals surface area contributed by atoms with Crippen LogP contribution in [-0.4, -0.2) is 0 Å². The number of nitrogens with zero attached hydrogens (tertiary/aromatic N) is 2. The number of para-hydroxylation sites is 1. The third-order valence-corrected chi connectivity index (χ3v) is 4.18. The van der Waals surface area contributed by atoms with E-state index in [0.29, 0.717) is 28.5 Å². The fourth-order valence-corrected chi connectivity index (χ4v) is 2.79. The Bertz CT molecular complexity index is 1060. The zero-order chi connectivity index (χ0) is 19.1. The monoisotopic (exact) mass is 370 g/mol. The summed E-state index contributed by atoms with van der Waals surface area (Å²) in [6.45, 7) is 0.379. The predicted octanol–water partition coefficient (Wildman–Crippen LogP) is 5.85. The first kappa shape index (κ1) is 18.3. The lowest BCUT2D eigenvalue weighted by Gasteiger charge is -2.10. The van der Waals surface area contributed by atoms with Crippen molar-refractivity contribution in [2.24, 2.45) is 0 Å². The Morgan fingerprint density at radius 2 is 1.74 bits per heavy atom. The van der Waals surface area contributed by atoms with E-state index >= 15 is 0 Å². The van der Waals surface area contributed by atoms with Crippen molar-refractivity contribution in [1.82, 2.24) is 0 Å². The summed E-state index contributed by atoms with van der Waals surface area (Å²) in [5, 5.41) is 19.1. The van der Waals surface area contributed by atoms with Gasteiger partial charge in [0.25, 0.3) is 0 Å². The van der Waals surface area contributed by atoms with Crippen LogP contribution in [-0.2, 0) is 6.61 Å². The first-order valence-electron chi connectivity index (χ1n) is 8.28. The zero-order valence-electron chi connectivity index (χ0n) is 14.4. The van der Waals surface area contributed by atoms with Crippen LogP contribution in [0.25, 0.3) is 11.6 Å². The molecule has 0 saturated heterocycles. The van der Waals surface area contributed by atoms with Gasteiger partial charge in [0.2, 0.25) is 0 Å². The molecule has 0 aliphatic carbocycles. The van der Waals surface area contributed by atoms with Crippen LogP contribution < -0.4 is 4.74 Å². The van der Waals surface area contributed by atoms with Crippen LogP contribution in [0.15, 0.2) is 72.8 Å². The molecule has 0 aliphatic heterocycles. The summed E-state index contributed by atoms with van der Waals surface area (Å²) in [6, 6.07) is 26.3. The number of hydrogen-bond acceptors (Lipinski definition) is 3. The Morgan fingerprint density at radius 3 is 2.44 bits per heavy atom. The minimum atomic E-state index is 0.379. The second-order valence-corrected chi connectivity index (χ2v) is 6.25. The Balaban J connectivity index is 1.86. The number of hydrogen-bond donors (Lipinski definition) is 0. The van der Waals surface area contributed by atoms with Crippen molar-refractivity contribution in [2.45, 2.75) is 6.61 Å². The summed E-state index contributed by atoms with van der Waals surface area (Å²) < 4.78 is 5.94. The number of ether oxygens (including phenoxy) is 1. The van der Waals surface area contributed by atoms with E-state index in [1.165, 1.54) is 0 Å². The van der Waals surface area contributed by atoms with E-state index in [-0.39, 0.29) is 0 Å². The van der Waals surface area contributed by atoms with Crippen molar-refractivity contribution in [3.63, 3.8) is 0 Å². The molecular formula is C23H15ClN2O. The van der Waals surface area contributed by atoms with Gasteiger partial charge in [-0.15, -0.1) is 0 Å². The van der Waals surface area contributed by atoms with Crippen molar-refractivity contribution in [1.29, 1.82) is 10.5 Å². The maximum atomic E-state index is 9.56. The average Bonchev–Trinajstić information content (AvgIpc) is 2.71. The molecule has 0 amide bonds. The molecule has 3 nitrogen and oxygen atoms in total. The second-order valence-electron chi connectivity index (χ2n) is 5.82. The Morgan fingerprint density at radius 1 is 0.963 bits per heavy atom. The maximum Gasteiger partial charge on any atom is 0.127 e. The molecule has 0 N–H and O–H groups in total. The Hall–Kier alpha value is -3.53. The molecule has 0 aromatic heterocycles. The molecule has 0 spiro atoms. The van der Waals surface area contributed by atoms with Crippen LogP contribution >= 0.6 is 11.6 Å². The normalized spacial score (nSPS) is 10.7. The fourth-order valence-electron chi connectivity index (χ4n) is 2.58. The van der Waals surface area contributed by atoms with Crippen molar-refractivity contribution in [2.75, 3.05) is 0 Å². The standard InChI is InChI=1S/C23H15ClN2O/c24-22-6-3-4-18(12-22)16-27-23-7-2-1-5-20(23)13-21(15-26)19-10-8-17(14-25)9-11-19/h1-13H,16H2/b21-13-. The molecule has 130 valence electrons. The van der Waals surface area contributed by atoms with E-state index in [4.69, 9.17) is 21.6 Å². The molecule has 0 unspecified atom stereocenters. The topological polar surface area (TPSA) is 56.8 Å². The number of halogens is 1. The van der Waals surface area contributed by atoms with E-state index < -0.39 is 0 Å². The van der Waals surface area contributed by atoms with Crippen LogP contribution in [0, 0.1) is 22.7 Å². The Kier molecular flexibility index (Phi) is 5.90. The first-order valence-corrected chi connectivity index (χ1v) is 8.66. The van der Waals surface area contributed by atoms with Crippen molar-refractivity contribution < 1.29 is 4.74 Å². The van der Waals surface area contributed by atoms with Crippen molar-refractivity contribution in [3.05, 3.63) is 100 Å². The average molecular weight is 371 g/mol. The van der Waals surface area contributed by atoms with Gasteiger partial charge < -0.3 is 4.74 Å². The molecule has 4 heteroatoms. The minimum Gasteiger partial charge on any atom is -0.488 e. The van der Waals surface area contributed by atoms with Gasteiger partial charge in [0.05, 0.1) is 23.3 Å². The van der Waals surface area contributed by atoms with E-state index in [9.17, 15) is 5.26 Å². The molecule has 0 aliphatic rings. The van der Waals surface area contributed by atoms with Crippen LogP contribution in [0.1, 0.15) is 22.3 Å². The molecule has 3 aromatic rings. The van der Waals surface area contributed by atoms with Crippen LogP contribution in [0.2, 0.25) is 5.02 Å². The van der Waals surface area contributed by atoms with Gasteiger partial charge >= 0.3 is 0 Å². The summed E-state index contributed by atoms with van der Waals surface area (Å²) in [7, 11) is 0. The van der Waals surface area contributed by atoms with Crippen molar-refractivity contribution >= 4 is 23.3 Å². The molecular weight excluding hydrogens is 356 g/mol. The van der Waals surface area contributed by atoms with E-state index in [1.807, 2.05) is 48.5 Å². The smallest absolute Gasteiger partial charge is 0.127 e. The lowest BCUT2D eigenvalue weighted by molar-refractivity contribution is 0.305. The molecule has 3 rings (SSSR count). The van der Waals surface area contributed by atoms with Crippen molar-refractivity contribution in [3.8, 4) is 17.9 Å². The molecule has 0 fully saturated rings. The van der Waals surface area contributed by atoms with Crippen LogP contribution in [0.4, 0.5) is 0 Å². The fraction of sp³-hybridized carbons (Fsp3) is 0.0435. The van der Waals surface area contributed by atoms with E-state index in [2.05, 4.69) is 12.1 Å². The summed E-state index contributed by atoms with van der Waals surface area (Å²) in [4.78, 5) is 0. The molecule has 0 bridgehead atoms. The molecule has 0 heterocycles. The summed E-state index contributed by atoms with van der Waals surface area (Å²) in [5.74, 6) is 0.680. The summed E-state index contributed by atoms with van der Waals surface area (Å²) in [5.41, 5.74) is 3.58. The van der Waals surface area contributed by atoms with Gasteiger partial charge in [0.15, 0.2) is 0 Å². The lowest BCUT2D eigenvalue weighted by atomic mass is 10.0. The second kappa shape index (κ2) is 8.72. The molecule has 27 heavy (non-hydrogen) atoms. The number of rotatable bonds is 5. The third-order valence-electron chi connectivity index (χ3n) is 3.95. The largest absolute Gasteiger partial charge is 0.488 e. The van der Waals surface area contributed by atoms with Gasteiger partial charge in [-0.05, 0) is 47.5 Å². The highest BCUT2D eigenvalue weighted by atomic mass is 35.5. The number of allylic oxidation sites excluding steroid dienone is 1. The Labute approximate surface area is 163 Å². The van der Waals surface area contributed by atoms with Crippen LogP contribution in [0.5, 0.6) is 5.75 Å². The quantitative estimate of drug-likeness (QED) is 0.417. The van der Waals surface area contributed by atoms with Gasteiger partial charge in [-0.25, -0.2) is 0 Å². The number of nitriles is 2. The van der Waals surface area contributed by atoms with E-state index in [1.54, 1.807) is 30.3 Å². The zero-order valence-corrected chi connectivity index (χ0v) is 15.1. The minimum absolute atomic E-state index is 0.379. The molecule has 3 aromatic carbocycles. The lowest BCUT2D eigenvalue weighted by Crippen LogP contribution is -1.97. The highest BCUT2D eigenvalue weighted by Gasteiger charge is 2.06. The van der Waals surface area contributed by atoms with E-state index in [0.717, 1.165) is 16.7 Å². The summed E-state index contributed by atoms with van der Waals surface area (Å²) in [6.07, 6.45) is 1.79. The maximum absolute atomic E-state index is 9.56. The van der Waals surface area contributed by atoms with Gasteiger partial charge in [0.1, 0.15) is 12.4 Å². The third kappa shape index (κ3) is 4.76. The predicted molar refractivity (Wildman–Crippen MR) is 107 cm³/mol. The van der Waals surface area contributed by atoms with Crippen LogP contribution in [0.3, 0.4) is 0 Å². The first-order chi connectivity index (χ1) is 13.2. The number of benzene rings is 3. The van der Waals surface area contributed by atoms with Gasteiger partial charge in [-0.2, -0.15) is 10.5 Å². The summed E-state index contributed by atoms with van der Waals surface area (Å²) >= 11 is 6.01. The SMILES string of the molecule is N#C/C(=C/c1ccccc1OCc1cccc(Cl)c1)c1ccc(C#N)cc1. The highest BCUT2D eigenvalue weighted by molar-refractivity contribution is 6.30. The van der Waals surface area contributed by atoms with Gasteiger partial charge in [-0.1, -0.05) is 54.1 Å². The highest BCUT2D eigenvalue weighted by Crippen LogP contribution is 2.26. The van der Waals surface area contributed by atoms with Gasteiger partial charge in [0, 0.05) is 10.6 Å².